The van der Waals surface area contributed by atoms with Crippen molar-refractivity contribution in [2.45, 2.75) is 26.3 Å². The van der Waals surface area contributed by atoms with Gasteiger partial charge in [0, 0.05) is 25.4 Å². The van der Waals surface area contributed by atoms with Gasteiger partial charge in [0.15, 0.2) is 0 Å². The van der Waals surface area contributed by atoms with Gasteiger partial charge in [0.25, 0.3) is 0 Å². The summed E-state index contributed by atoms with van der Waals surface area (Å²) >= 11 is 0. The van der Waals surface area contributed by atoms with Crippen molar-refractivity contribution in [3.63, 3.8) is 0 Å². The maximum Gasteiger partial charge on any atom is 0.315 e. The van der Waals surface area contributed by atoms with Crippen molar-refractivity contribution in [3.05, 3.63) is 59.8 Å². The molecule has 5 heteroatoms. The fourth-order valence-corrected chi connectivity index (χ4v) is 2.02. The van der Waals surface area contributed by atoms with E-state index in [1.165, 1.54) is 5.56 Å². The fourth-order valence-electron chi connectivity index (χ4n) is 2.02. The summed E-state index contributed by atoms with van der Waals surface area (Å²) in [6, 6.07) is 13.6. The van der Waals surface area contributed by atoms with E-state index in [4.69, 9.17) is 4.74 Å². The molecule has 0 saturated heterocycles. The zero-order chi connectivity index (χ0) is 16.3. The highest BCUT2D eigenvalue weighted by Crippen LogP contribution is 2.07. The lowest BCUT2D eigenvalue weighted by Gasteiger charge is -2.08. The van der Waals surface area contributed by atoms with Gasteiger partial charge in [-0.3, -0.25) is 0 Å². The quantitative estimate of drug-likeness (QED) is 0.787. The first kappa shape index (κ1) is 16.8. The largest absolute Gasteiger partial charge is 0.478 e. The van der Waals surface area contributed by atoms with E-state index >= 15 is 0 Å². The molecule has 0 unspecified atom stereocenters. The molecule has 1 aromatic carbocycles. The molecule has 1 heterocycles. The van der Waals surface area contributed by atoms with E-state index in [2.05, 4.69) is 22.5 Å². The number of hydrogen-bond donors (Lipinski definition) is 2. The van der Waals surface area contributed by atoms with Crippen molar-refractivity contribution in [2.75, 3.05) is 13.2 Å². The molecule has 0 bridgehead atoms. The first-order valence-corrected chi connectivity index (χ1v) is 7.91. The summed E-state index contributed by atoms with van der Waals surface area (Å²) in [7, 11) is 0. The highest BCUT2D eigenvalue weighted by atomic mass is 16.5. The maximum absolute atomic E-state index is 11.7. The second-order valence-electron chi connectivity index (χ2n) is 5.20. The van der Waals surface area contributed by atoms with Crippen molar-refractivity contribution >= 4 is 6.03 Å². The van der Waals surface area contributed by atoms with Gasteiger partial charge >= 0.3 is 6.03 Å². The third-order valence-corrected chi connectivity index (χ3v) is 3.25. The van der Waals surface area contributed by atoms with E-state index in [1.54, 1.807) is 6.20 Å². The average molecular weight is 313 g/mol. The lowest BCUT2D eigenvalue weighted by Crippen LogP contribution is -2.36. The van der Waals surface area contributed by atoms with Gasteiger partial charge in [0.1, 0.15) is 0 Å². The average Bonchev–Trinajstić information content (AvgIpc) is 2.60. The number of nitrogens with one attached hydrogen (secondary N) is 2. The van der Waals surface area contributed by atoms with Crippen LogP contribution in [0.25, 0.3) is 0 Å². The van der Waals surface area contributed by atoms with Crippen molar-refractivity contribution in [2.24, 2.45) is 0 Å². The first-order valence-electron chi connectivity index (χ1n) is 7.91. The lowest BCUT2D eigenvalue weighted by atomic mass is 10.1. The third kappa shape index (κ3) is 6.38. The molecule has 0 spiro atoms. The summed E-state index contributed by atoms with van der Waals surface area (Å²) in [4.78, 5) is 15.9. The molecule has 1 aromatic heterocycles. The molecule has 23 heavy (non-hydrogen) atoms. The number of aromatic nitrogens is 1. The Balaban J connectivity index is 1.65. The molecular weight excluding hydrogens is 290 g/mol. The molecule has 2 rings (SSSR count). The number of ether oxygens (including phenoxy) is 1. The summed E-state index contributed by atoms with van der Waals surface area (Å²) in [6.07, 6.45) is 3.49. The highest BCUT2D eigenvalue weighted by molar-refractivity contribution is 5.73. The van der Waals surface area contributed by atoms with Crippen LogP contribution in [0.5, 0.6) is 5.88 Å². The predicted octanol–water partition coefficient (Wildman–Crippen LogP) is 2.91. The topological polar surface area (TPSA) is 63.2 Å². The number of nitrogens with zero attached hydrogens (tertiary/aromatic N) is 1. The van der Waals surface area contributed by atoms with Gasteiger partial charge in [-0.25, -0.2) is 9.78 Å². The number of urea groups is 1. The van der Waals surface area contributed by atoms with E-state index in [-0.39, 0.29) is 6.03 Å². The van der Waals surface area contributed by atoms with Crippen LogP contribution in [0.2, 0.25) is 0 Å². The molecule has 0 atom stereocenters. The van der Waals surface area contributed by atoms with Crippen molar-refractivity contribution in [3.8, 4) is 5.88 Å². The molecule has 2 amide bonds. The molecule has 0 aliphatic heterocycles. The molecule has 2 aromatic rings. The Bertz CT molecular complexity index is 585. The summed E-state index contributed by atoms with van der Waals surface area (Å²) in [5.41, 5.74) is 2.15. The zero-order valence-corrected chi connectivity index (χ0v) is 13.4. The van der Waals surface area contributed by atoms with Crippen LogP contribution in [0.1, 0.15) is 24.5 Å². The standard InChI is InChI=1S/C18H23N3O2/c1-2-12-23-17-9-8-16(13-20-17)14-21-18(22)19-11-10-15-6-4-3-5-7-15/h3-9,13H,2,10-12,14H2,1H3,(H2,19,21,22). The van der Waals surface area contributed by atoms with Crippen LogP contribution < -0.4 is 15.4 Å². The van der Waals surface area contributed by atoms with Gasteiger partial charge in [-0.05, 0) is 24.0 Å². The minimum absolute atomic E-state index is 0.174. The van der Waals surface area contributed by atoms with Crippen LogP contribution in [0.3, 0.4) is 0 Å². The molecule has 5 nitrogen and oxygen atoms in total. The van der Waals surface area contributed by atoms with Gasteiger partial charge in [-0.1, -0.05) is 43.3 Å². The molecule has 2 N–H and O–H groups in total. The minimum atomic E-state index is -0.174. The molecule has 0 aliphatic rings. The van der Waals surface area contributed by atoms with Crippen LogP contribution in [-0.4, -0.2) is 24.2 Å². The fraction of sp³-hybridized carbons (Fsp3) is 0.333. The van der Waals surface area contributed by atoms with Gasteiger partial charge in [0.05, 0.1) is 6.61 Å². The van der Waals surface area contributed by atoms with Crippen LogP contribution in [0.4, 0.5) is 4.79 Å². The number of rotatable bonds is 8. The Morgan fingerprint density at radius 1 is 1.09 bits per heavy atom. The smallest absolute Gasteiger partial charge is 0.315 e. The molecule has 0 fully saturated rings. The SMILES string of the molecule is CCCOc1ccc(CNC(=O)NCCc2ccccc2)cn1. The van der Waals surface area contributed by atoms with E-state index in [9.17, 15) is 4.79 Å². The maximum atomic E-state index is 11.7. The highest BCUT2D eigenvalue weighted by Gasteiger charge is 2.01. The number of amides is 2. The summed E-state index contributed by atoms with van der Waals surface area (Å²) in [5, 5.41) is 5.66. The Labute approximate surface area is 137 Å². The lowest BCUT2D eigenvalue weighted by molar-refractivity contribution is 0.240. The number of benzene rings is 1. The first-order chi connectivity index (χ1) is 11.3. The van der Waals surface area contributed by atoms with Crippen LogP contribution >= 0.6 is 0 Å². The predicted molar refractivity (Wildman–Crippen MR) is 90.4 cm³/mol. The monoisotopic (exact) mass is 313 g/mol. The molecule has 122 valence electrons. The minimum Gasteiger partial charge on any atom is -0.478 e. The van der Waals surface area contributed by atoms with Crippen molar-refractivity contribution < 1.29 is 9.53 Å². The number of pyridine rings is 1. The molecule has 0 saturated carbocycles. The zero-order valence-electron chi connectivity index (χ0n) is 13.4. The van der Waals surface area contributed by atoms with E-state index < -0.39 is 0 Å². The molecule has 0 radical (unpaired) electrons. The van der Waals surface area contributed by atoms with Crippen LogP contribution in [0, 0.1) is 0 Å². The van der Waals surface area contributed by atoms with Crippen LogP contribution in [0.15, 0.2) is 48.7 Å². The third-order valence-electron chi connectivity index (χ3n) is 3.25. The van der Waals surface area contributed by atoms with E-state index in [0.29, 0.717) is 25.6 Å². The van der Waals surface area contributed by atoms with Gasteiger partial charge in [0.2, 0.25) is 5.88 Å². The second-order valence-corrected chi connectivity index (χ2v) is 5.20. The Kier molecular flexibility index (Phi) is 6.91. The summed E-state index contributed by atoms with van der Waals surface area (Å²) < 4.78 is 5.42. The van der Waals surface area contributed by atoms with Crippen LogP contribution in [-0.2, 0) is 13.0 Å². The number of hydrogen-bond acceptors (Lipinski definition) is 3. The van der Waals surface area contributed by atoms with E-state index in [0.717, 1.165) is 18.4 Å². The normalized spacial score (nSPS) is 10.1. The van der Waals surface area contributed by atoms with Crippen molar-refractivity contribution in [1.82, 2.24) is 15.6 Å². The van der Waals surface area contributed by atoms with Gasteiger partial charge in [-0.15, -0.1) is 0 Å². The Hall–Kier alpha value is -2.56. The van der Waals surface area contributed by atoms with Gasteiger partial charge < -0.3 is 15.4 Å². The van der Waals surface area contributed by atoms with Crippen molar-refractivity contribution in [1.29, 1.82) is 0 Å². The number of carbonyl (C=O) groups excluding carboxylic acids is 1. The Morgan fingerprint density at radius 3 is 2.61 bits per heavy atom. The van der Waals surface area contributed by atoms with Gasteiger partial charge in [-0.2, -0.15) is 0 Å². The Morgan fingerprint density at radius 2 is 1.91 bits per heavy atom. The molecule has 0 aliphatic carbocycles. The molecular formula is C18H23N3O2. The summed E-state index contributed by atoms with van der Waals surface area (Å²) in [6.45, 7) is 3.76. The van der Waals surface area contributed by atoms with E-state index in [1.807, 2.05) is 42.5 Å². The number of carbonyl (C=O) groups is 1. The second kappa shape index (κ2) is 9.46. The summed E-state index contributed by atoms with van der Waals surface area (Å²) in [5.74, 6) is 0.614.